The van der Waals surface area contributed by atoms with Gasteiger partial charge in [0, 0.05) is 6.07 Å². The maximum atomic E-state index is 13.2. The maximum Gasteiger partial charge on any atom is 0.173 e. The number of ether oxygens (including phenoxy) is 2. The number of rotatable bonds is 4. The van der Waals surface area contributed by atoms with E-state index >= 15 is 0 Å². The van der Waals surface area contributed by atoms with Crippen molar-refractivity contribution in [3.8, 4) is 5.75 Å². The van der Waals surface area contributed by atoms with Crippen molar-refractivity contribution in [2.24, 2.45) is 0 Å². The third kappa shape index (κ3) is 2.05. The molecule has 0 aromatic heterocycles. The molecule has 14 heavy (non-hydrogen) atoms. The quantitative estimate of drug-likeness (QED) is 0.687. The first-order valence-electron chi connectivity index (χ1n) is 4.27. The van der Waals surface area contributed by atoms with E-state index in [4.69, 9.17) is 9.47 Å². The van der Waals surface area contributed by atoms with Crippen LogP contribution in [0, 0.1) is 11.9 Å². The van der Waals surface area contributed by atoms with Crippen molar-refractivity contribution in [2.45, 2.75) is 6.92 Å². The zero-order valence-corrected chi connectivity index (χ0v) is 8.26. The third-order valence-corrected chi connectivity index (χ3v) is 1.73. The second-order valence-corrected chi connectivity index (χ2v) is 2.59. The van der Waals surface area contributed by atoms with Crippen molar-refractivity contribution in [1.29, 1.82) is 0 Å². The number of hydrogen-bond donors (Lipinski definition) is 0. The molecule has 0 fully saturated rings. The van der Waals surface area contributed by atoms with Crippen LogP contribution in [0.1, 0.15) is 12.5 Å². The zero-order valence-electron chi connectivity index (χ0n) is 8.26. The molecule has 0 atom stereocenters. The van der Waals surface area contributed by atoms with Gasteiger partial charge in [-0.15, -0.1) is 0 Å². The van der Waals surface area contributed by atoms with Gasteiger partial charge in [0.25, 0.3) is 0 Å². The van der Waals surface area contributed by atoms with Crippen molar-refractivity contribution in [2.75, 3.05) is 13.7 Å². The number of benzene rings is 1. The summed E-state index contributed by atoms with van der Waals surface area (Å²) in [7, 11) is 1.40. The molecule has 1 aromatic carbocycles. The van der Waals surface area contributed by atoms with E-state index in [1.54, 1.807) is 6.07 Å². The molecule has 0 heterocycles. The van der Waals surface area contributed by atoms with Crippen LogP contribution in [0.25, 0.3) is 5.76 Å². The minimum Gasteiger partial charge on any atom is -0.494 e. The van der Waals surface area contributed by atoms with E-state index < -0.39 is 5.82 Å². The van der Waals surface area contributed by atoms with Crippen LogP contribution in [0.5, 0.6) is 5.75 Å². The summed E-state index contributed by atoms with van der Waals surface area (Å²) in [5.74, 6) is -0.0194. The monoisotopic (exact) mass is 195 g/mol. The van der Waals surface area contributed by atoms with Crippen molar-refractivity contribution in [3.05, 3.63) is 36.2 Å². The molecule has 0 aliphatic heterocycles. The van der Waals surface area contributed by atoms with Crippen molar-refractivity contribution in [1.82, 2.24) is 0 Å². The smallest absolute Gasteiger partial charge is 0.173 e. The molecule has 0 aliphatic carbocycles. The van der Waals surface area contributed by atoms with Crippen LogP contribution < -0.4 is 4.74 Å². The summed E-state index contributed by atoms with van der Waals surface area (Å²) >= 11 is 0. The van der Waals surface area contributed by atoms with Crippen LogP contribution in [0.4, 0.5) is 4.39 Å². The molecule has 0 bridgehead atoms. The number of hydrogen-bond acceptors (Lipinski definition) is 2. The lowest BCUT2D eigenvalue weighted by molar-refractivity contribution is 0.295. The molecule has 1 radical (unpaired) electrons. The van der Waals surface area contributed by atoms with Crippen LogP contribution in [0.3, 0.4) is 0 Å². The SMILES string of the molecule is C=C(OCC)c1cc[c]c(F)c1OC. The maximum absolute atomic E-state index is 13.2. The zero-order chi connectivity index (χ0) is 10.6. The van der Waals surface area contributed by atoms with Crippen molar-refractivity contribution < 1.29 is 13.9 Å². The Morgan fingerprint density at radius 3 is 2.93 bits per heavy atom. The lowest BCUT2D eigenvalue weighted by atomic mass is 10.1. The fraction of sp³-hybridized carbons (Fsp3) is 0.273. The molecule has 0 N–H and O–H groups in total. The molecule has 1 rings (SSSR count). The molecule has 1 aromatic rings. The van der Waals surface area contributed by atoms with Gasteiger partial charge in [-0.3, -0.25) is 0 Å². The fourth-order valence-corrected chi connectivity index (χ4v) is 1.13. The van der Waals surface area contributed by atoms with E-state index in [0.717, 1.165) is 0 Å². The van der Waals surface area contributed by atoms with Crippen molar-refractivity contribution in [3.63, 3.8) is 0 Å². The molecule has 0 amide bonds. The highest BCUT2D eigenvalue weighted by Crippen LogP contribution is 2.27. The summed E-state index contributed by atoms with van der Waals surface area (Å²) in [6, 6.07) is 5.52. The van der Waals surface area contributed by atoms with Crippen LogP contribution in [-0.4, -0.2) is 13.7 Å². The number of methoxy groups -OCH3 is 1. The Labute approximate surface area is 83.0 Å². The van der Waals surface area contributed by atoms with Gasteiger partial charge in [0.2, 0.25) is 0 Å². The summed E-state index contributed by atoms with van der Waals surface area (Å²) in [5, 5.41) is 0. The molecular formula is C11H12FO2. The highest BCUT2D eigenvalue weighted by atomic mass is 19.1. The topological polar surface area (TPSA) is 18.5 Å². The van der Waals surface area contributed by atoms with Gasteiger partial charge in [0.15, 0.2) is 11.6 Å². The summed E-state index contributed by atoms with van der Waals surface area (Å²) in [6.07, 6.45) is 0. The summed E-state index contributed by atoms with van der Waals surface area (Å²) < 4.78 is 23.2. The van der Waals surface area contributed by atoms with Gasteiger partial charge in [-0.1, -0.05) is 12.6 Å². The Morgan fingerprint density at radius 2 is 2.36 bits per heavy atom. The highest BCUT2D eigenvalue weighted by molar-refractivity contribution is 5.64. The number of halogens is 1. The third-order valence-electron chi connectivity index (χ3n) is 1.73. The Morgan fingerprint density at radius 1 is 1.64 bits per heavy atom. The lowest BCUT2D eigenvalue weighted by Gasteiger charge is -2.11. The Bertz CT molecular complexity index is 334. The molecule has 3 heteroatoms. The molecule has 0 saturated heterocycles. The van der Waals surface area contributed by atoms with Gasteiger partial charge in [-0.05, 0) is 13.0 Å². The summed E-state index contributed by atoms with van der Waals surface area (Å²) in [5.41, 5.74) is 0.519. The van der Waals surface area contributed by atoms with Gasteiger partial charge in [0.05, 0.1) is 19.3 Å². The second kappa shape index (κ2) is 4.65. The van der Waals surface area contributed by atoms with E-state index in [1.165, 1.54) is 13.2 Å². The van der Waals surface area contributed by atoms with Gasteiger partial charge in [-0.2, -0.15) is 0 Å². The first-order valence-corrected chi connectivity index (χ1v) is 4.27. The predicted octanol–water partition coefficient (Wildman–Crippen LogP) is 2.64. The minimum absolute atomic E-state index is 0.117. The lowest BCUT2D eigenvalue weighted by Crippen LogP contribution is -1.97. The Hall–Kier alpha value is -1.51. The molecule has 2 nitrogen and oxygen atoms in total. The molecular weight excluding hydrogens is 183 g/mol. The first-order chi connectivity index (χ1) is 6.70. The van der Waals surface area contributed by atoms with E-state index in [2.05, 4.69) is 12.6 Å². The van der Waals surface area contributed by atoms with Gasteiger partial charge < -0.3 is 9.47 Å². The van der Waals surface area contributed by atoms with Gasteiger partial charge >= 0.3 is 0 Å². The standard InChI is InChI=1S/C11H12FO2/c1-4-14-8(2)9-6-5-7-10(12)11(9)13-3/h5-6H,2,4H2,1,3H3. The van der Waals surface area contributed by atoms with E-state index in [-0.39, 0.29) is 5.75 Å². The molecule has 0 unspecified atom stereocenters. The van der Waals surface area contributed by atoms with E-state index in [0.29, 0.717) is 17.9 Å². The second-order valence-electron chi connectivity index (χ2n) is 2.59. The Balaban J connectivity index is 3.07. The van der Waals surface area contributed by atoms with Crippen LogP contribution in [0.15, 0.2) is 18.7 Å². The fourth-order valence-electron chi connectivity index (χ4n) is 1.13. The van der Waals surface area contributed by atoms with Gasteiger partial charge in [-0.25, -0.2) is 4.39 Å². The predicted molar refractivity (Wildman–Crippen MR) is 52.4 cm³/mol. The van der Waals surface area contributed by atoms with Gasteiger partial charge in [0.1, 0.15) is 5.76 Å². The molecule has 0 aliphatic rings. The Kier molecular flexibility index (Phi) is 3.51. The summed E-state index contributed by atoms with van der Waals surface area (Å²) in [4.78, 5) is 0. The average Bonchev–Trinajstić information content (AvgIpc) is 2.17. The first kappa shape index (κ1) is 10.6. The largest absolute Gasteiger partial charge is 0.494 e. The summed E-state index contributed by atoms with van der Waals surface area (Å²) in [6.45, 7) is 6.01. The molecule has 75 valence electrons. The highest BCUT2D eigenvalue weighted by Gasteiger charge is 2.11. The molecule has 0 saturated carbocycles. The van der Waals surface area contributed by atoms with Crippen LogP contribution >= 0.6 is 0 Å². The van der Waals surface area contributed by atoms with Crippen LogP contribution in [0.2, 0.25) is 0 Å². The van der Waals surface area contributed by atoms with Crippen molar-refractivity contribution >= 4 is 5.76 Å². The minimum atomic E-state index is -0.536. The average molecular weight is 195 g/mol. The normalized spacial score (nSPS) is 9.64. The molecule has 0 spiro atoms. The van der Waals surface area contributed by atoms with Crippen LogP contribution in [-0.2, 0) is 4.74 Å². The van der Waals surface area contributed by atoms with E-state index in [9.17, 15) is 4.39 Å². The van der Waals surface area contributed by atoms with E-state index in [1.807, 2.05) is 6.92 Å².